The van der Waals surface area contributed by atoms with Crippen LogP contribution in [0.3, 0.4) is 0 Å². The summed E-state index contributed by atoms with van der Waals surface area (Å²) >= 11 is 0. The fraction of sp³-hybridized carbons (Fsp3) is 0.280. The molecule has 0 bridgehead atoms. The molecule has 5 rings (SSSR count). The topological polar surface area (TPSA) is 89.2 Å². The van der Waals surface area contributed by atoms with Gasteiger partial charge in [0.05, 0.1) is 30.2 Å². The van der Waals surface area contributed by atoms with Crippen LogP contribution in [0.2, 0.25) is 0 Å². The molecule has 0 amide bonds. The lowest BCUT2D eigenvalue weighted by atomic mass is 10.1. The molecule has 1 saturated heterocycles. The van der Waals surface area contributed by atoms with Crippen LogP contribution in [0.25, 0.3) is 22.6 Å². The number of anilines is 2. The second-order valence-electron chi connectivity index (χ2n) is 8.07. The molecule has 8 nitrogen and oxygen atoms in total. The highest BCUT2D eigenvalue weighted by molar-refractivity contribution is 5.78. The molecule has 168 valence electrons. The number of pyridine rings is 1. The SMILES string of the molecule is Cc1cc(-c2cnc(NCc3ccccc3C)nc2-c2ccc(N3CCOCC3)nc2)on1. The van der Waals surface area contributed by atoms with Crippen LogP contribution in [-0.4, -0.2) is 46.4 Å². The second kappa shape index (κ2) is 9.38. The third-order valence-electron chi connectivity index (χ3n) is 5.74. The van der Waals surface area contributed by atoms with Gasteiger partial charge in [0, 0.05) is 43.7 Å². The van der Waals surface area contributed by atoms with E-state index in [-0.39, 0.29) is 0 Å². The minimum atomic E-state index is 0.547. The van der Waals surface area contributed by atoms with Gasteiger partial charge in [-0.3, -0.25) is 0 Å². The Labute approximate surface area is 192 Å². The van der Waals surface area contributed by atoms with Crippen molar-refractivity contribution < 1.29 is 9.26 Å². The first-order valence-corrected chi connectivity index (χ1v) is 11.1. The number of hydrogen-bond acceptors (Lipinski definition) is 8. The predicted molar refractivity (Wildman–Crippen MR) is 127 cm³/mol. The van der Waals surface area contributed by atoms with Gasteiger partial charge >= 0.3 is 0 Å². The third-order valence-corrected chi connectivity index (χ3v) is 5.74. The molecule has 1 fully saturated rings. The summed E-state index contributed by atoms with van der Waals surface area (Å²) in [6.45, 7) is 7.76. The van der Waals surface area contributed by atoms with Crippen LogP contribution in [0.4, 0.5) is 11.8 Å². The molecule has 1 N–H and O–H groups in total. The van der Waals surface area contributed by atoms with Gasteiger partial charge < -0.3 is 19.5 Å². The molecule has 33 heavy (non-hydrogen) atoms. The summed E-state index contributed by atoms with van der Waals surface area (Å²) in [5, 5.41) is 7.38. The summed E-state index contributed by atoms with van der Waals surface area (Å²) < 4.78 is 11.0. The van der Waals surface area contributed by atoms with Gasteiger partial charge in [0.25, 0.3) is 0 Å². The Hall–Kier alpha value is -3.78. The molecular weight excluding hydrogens is 416 g/mol. The summed E-state index contributed by atoms with van der Waals surface area (Å²) in [6, 6.07) is 14.2. The smallest absolute Gasteiger partial charge is 0.223 e. The molecule has 8 heteroatoms. The van der Waals surface area contributed by atoms with Gasteiger partial charge in [-0.1, -0.05) is 29.4 Å². The molecular formula is C25H26N6O2. The van der Waals surface area contributed by atoms with Gasteiger partial charge in [-0.25, -0.2) is 15.0 Å². The highest BCUT2D eigenvalue weighted by Crippen LogP contribution is 2.32. The molecule has 1 aromatic carbocycles. The standard InChI is InChI=1S/C25H26N6O2/c1-17-5-3-4-6-19(17)14-27-25-28-16-21(22-13-18(2)30-33-22)24(29-25)20-7-8-23(26-15-20)31-9-11-32-12-10-31/h3-8,13,15-16H,9-12,14H2,1-2H3,(H,27,28,29). The van der Waals surface area contributed by atoms with Crippen molar-refractivity contribution in [2.24, 2.45) is 0 Å². The normalized spacial score (nSPS) is 13.8. The Morgan fingerprint density at radius 2 is 1.85 bits per heavy atom. The number of morpholine rings is 1. The highest BCUT2D eigenvalue weighted by atomic mass is 16.5. The summed E-state index contributed by atoms with van der Waals surface area (Å²) in [7, 11) is 0. The number of aromatic nitrogens is 4. The van der Waals surface area contributed by atoms with Crippen LogP contribution in [0.1, 0.15) is 16.8 Å². The molecule has 0 atom stereocenters. The molecule has 0 radical (unpaired) electrons. The van der Waals surface area contributed by atoms with Crippen molar-refractivity contribution in [3.8, 4) is 22.6 Å². The second-order valence-corrected chi connectivity index (χ2v) is 8.07. The van der Waals surface area contributed by atoms with E-state index in [2.05, 4.69) is 39.4 Å². The summed E-state index contributed by atoms with van der Waals surface area (Å²) in [4.78, 5) is 16.3. The fourth-order valence-electron chi connectivity index (χ4n) is 3.85. The van der Waals surface area contributed by atoms with E-state index < -0.39 is 0 Å². The maximum absolute atomic E-state index is 5.52. The van der Waals surface area contributed by atoms with E-state index in [0.29, 0.717) is 18.3 Å². The van der Waals surface area contributed by atoms with Gasteiger partial charge in [-0.05, 0) is 37.1 Å². The lowest BCUT2D eigenvalue weighted by molar-refractivity contribution is 0.122. The molecule has 0 aliphatic carbocycles. The van der Waals surface area contributed by atoms with E-state index in [4.69, 9.17) is 19.2 Å². The minimum Gasteiger partial charge on any atom is -0.378 e. The van der Waals surface area contributed by atoms with E-state index in [1.165, 1.54) is 11.1 Å². The number of hydrogen-bond donors (Lipinski definition) is 1. The zero-order valence-corrected chi connectivity index (χ0v) is 18.8. The Morgan fingerprint density at radius 1 is 1.00 bits per heavy atom. The first-order chi connectivity index (χ1) is 16.2. The lowest BCUT2D eigenvalue weighted by Gasteiger charge is -2.27. The summed E-state index contributed by atoms with van der Waals surface area (Å²) in [5.74, 6) is 2.11. The van der Waals surface area contributed by atoms with E-state index in [9.17, 15) is 0 Å². The number of nitrogens with zero attached hydrogens (tertiary/aromatic N) is 5. The molecule has 0 unspecified atom stereocenters. The van der Waals surface area contributed by atoms with Crippen molar-refractivity contribution in [3.05, 3.63) is 71.7 Å². The predicted octanol–water partition coefficient (Wildman–Crippen LogP) is 4.26. The van der Waals surface area contributed by atoms with Gasteiger partial charge in [0.15, 0.2) is 5.76 Å². The molecule has 3 aromatic heterocycles. The van der Waals surface area contributed by atoms with E-state index in [0.717, 1.165) is 54.6 Å². The minimum absolute atomic E-state index is 0.547. The van der Waals surface area contributed by atoms with Gasteiger partial charge in [-0.2, -0.15) is 0 Å². The molecule has 1 aliphatic heterocycles. The molecule has 4 aromatic rings. The monoisotopic (exact) mass is 442 g/mol. The van der Waals surface area contributed by atoms with Gasteiger partial charge in [0.2, 0.25) is 5.95 Å². The Balaban J connectivity index is 1.46. The first-order valence-electron chi connectivity index (χ1n) is 11.1. The average molecular weight is 443 g/mol. The molecule has 0 spiro atoms. The van der Waals surface area contributed by atoms with Crippen molar-refractivity contribution in [3.63, 3.8) is 0 Å². The zero-order chi connectivity index (χ0) is 22.6. The summed E-state index contributed by atoms with van der Waals surface area (Å²) in [6.07, 6.45) is 3.63. The summed E-state index contributed by atoms with van der Waals surface area (Å²) in [5.41, 5.74) is 5.64. The van der Waals surface area contributed by atoms with Crippen LogP contribution in [0.15, 0.2) is 59.4 Å². The van der Waals surface area contributed by atoms with Crippen LogP contribution in [0.5, 0.6) is 0 Å². The highest BCUT2D eigenvalue weighted by Gasteiger charge is 2.17. The van der Waals surface area contributed by atoms with Crippen molar-refractivity contribution in [2.75, 3.05) is 36.5 Å². The zero-order valence-electron chi connectivity index (χ0n) is 18.8. The Bertz CT molecular complexity index is 1230. The fourth-order valence-corrected chi connectivity index (χ4v) is 3.85. The molecule has 0 saturated carbocycles. The van der Waals surface area contributed by atoms with Crippen molar-refractivity contribution in [1.82, 2.24) is 20.1 Å². The molecule has 4 heterocycles. The van der Waals surface area contributed by atoms with Crippen LogP contribution in [-0.2, 0) is 11.3 Å². The van der Waals surface area contributed by atoms with E-state index in [1.54, 1.807) is 6.20 Å². The maximum Gasteiger partial charge on any atom is 0.223 e. The Kier molecular flexibility index (Phi) is 5.99. The first kappa shape index (κ1) is 21.1. The lowest BCUT2D eigenvalue weighted by Crippen LogP contribution is -2.36. The quantitative estimate of drug-likeness (QED) is 0.474. The number of benzene rings is 1. The van der Waals surface area contributed by atoms with Gasteiger partial charge in [-0.15, -0.1) is 0 Å². The van der Waals surface area contributed by atoms with Crippen LogP contribution >= 0.6 is 0 Å². The number of aryl methyl sites for hydroxylation is 2. The third kappa shape index (κ3) is 4.70. The average Bonchev–Trinajstić information content (AvgIpc) is 3.30. The van der Waals surface area contributed by atoms with Crippen LogP contribution < -0.4 is 10.2 Å². The number of ether oxygens (including phenoxy) is 1. The van der Waals surface area contributed by atoms with E-state index >= 15 is 0 Å². The Morgan fingerprint density at radius 3 is 2.58 bits per heavy atom. The molecule has 1 aliphatic rings. The van der Waals surface area contributed by atoms with E-state index in [1.807, 2.05) is 43.5 Å². The number of rotatable bonds is 6. The number of nitrogens with one attached hydrogen (secondary N) is 1. The van der Waals surface area contributed by atoms with Crippen LogP contribution in [0, 0.1) is 13.8 Å². The van der Waals surface area contributed by atoms with Crippen molar-refractivity contribution in [1.29, 1.82) is 0 Å². The van der Waals surface area contributed by atoms with Crippen molar-refractivity contribution >= 4 is 11.8 Å². The van der Waals surface area contributed by atoms with Crippen molar-refractivity contribution in [2.45, 2.75) is 20.4 Å². The maximum atomic E-state index is 5.52. The largest absolute Gasteiger partial charge is 0.378 e. The van der Waals surface area contributed by atoms with Gasteiger partial charge in [0.1, 0.15) is 5.82 Å².